The monoisotopic (exact) mass is 607 g/mol. The molecular formula is C23H13Br3FNO3. The van der Waals surface area contributed by atoms with Crippen LogP contribution in [-0.2, 0) is 16.1 Å². The Morgan fingerprint density at radius 3 is 2.39 bits per heavy atom. The van der Waals surface area contributed by atoms with E-state index in [-0.39, 0.29) is 11.6 Å². The molecule has 1 aliphatic rings. The largest absolute Gasteiger partial charge is 0.487 e. The molecule has 156 valence electrons. The second-order valence-electron chi connectivity index (χ2n) is 6.58. The first-order valence-corrected chi connectivity index (χ1v) is 11.4. The van der Waals surface area contributed by atoms with Crippen molar-refractivity contribution in [1.82, 2.24) is 0 Å². The molecule has 0 aliphatic carbocycles. The highest BCUT2D eigenvalue weighted by Crippen LogP contribution is 2.36. The Hall–Kier alpha value is -2.29. The third-order valence-corrected chi connectivity index (χ3v) is 6.02. The summed E-state index contributed by atoms with van der Waals surface area (Å²) >= 11 is 10.5. The van der Waals surface area contributed by atoms with Crippen molar-refractivity contribution < 1.29 is 18.7 Å². The number of rotatable bonds is 5. The highest BCUT2D eigenvalue weighted by Gasteiger charge is 2.24. The van der Waals surface area contributed by atoms with E-state index in [0.29, 0.717) is 32.4 Å². The van der Waals surface area contributed by atoms with Crippen molar-refractivity contribution in [3.8, 4) is 5.75 Å². The maximum absolute atomic E-state index is 13.4. The summed E-state index contributed by atoms with van der Waals surface area (Å²) in [5.74, 6) is -0.311. The van der Waals surface area contributed by atoms with Crippen LogP contribution in [0.25, 0.3) is 6.08 Å². The van der Waals surface area contributed by atoms with Crippen LogP contribution in [0, 0.1) is 5.82 Å². The van der Waals surface area contributed by atoms with Crippen LogP contribution < -0.4 is 4.74 Å². The van der Waals surface area contributed by atoms with Crippen molar-refractivity contribution in [2.24, 2.45) is 4.99 Å². The number of cyclic esters (lactones) is 1. The highest BCUT2D eigenvalue weighted by atomic mass is 79.9. The van der Waals surface area contributed by atoms with Gasteiger partial charge in [-0.05, 0) is 91.5 Å². The Balaban J connectivity index is 1.55. The second-order valence-corrected chi connectivity index (χ2v) is 9.20. The molecule has 3 aromatic rings. The summed E-state index contributed by atoms with van der Waals surface area (Å²) in [7, 11) is 0. The Kier molecular flexibility index (Phi) is 6.69. The van der Waals surface area contributed by atoms with Gasteiger partial charge < -0.3 is 9.47 Å². The predicted octanol–water partition coefficient (Wildman–Crippen LogP) is 7.04. The molecule has 0 bridgehead atoms. The number of carbonyl (C=O) groups excluding carboxylic acids is 1. The van der Waals surface area contributed by atoms with Crippen molar-refractivity contribution in [2.75, 3.05) is 0 Å². The van der Waals surface area contributed by atoms with Gasteiger partial charge in [-0.3, -0.25) is 0 Å². The summed E-state index contributed by atoms with van der Waals surface area (Å²) in [5.41, 5.74) is 2.27. The average Bonchev–Trinajstić information content (AvgIpc) is 3.09. The summed E-state index contributed by atoms with van der Waals surface area (Å²) in [5, 5.41) is 0. The van der Waals surface area contributed by atoms with Gasteiger partial charge in [0.1, 0.15) is 18.2 Å². The summed E-state index contributed by atoms with van der Waals surface area (Å²) in [6.07, 6.45) is 1.60. The molecule has 0 atom stereocenters. The first-order chi connectivity index (χ1) is 14.9. The van der Waals surface area contributed by atoms with E-state index in [0.717, 1.165) is 10.0 Å². The molecule has 1 heterocycles. The molecule has 0 radical (unpaired) electrons. The first-order valence-electron chi connectivity index (χ1n) is 9.04. The SMILES string of the molecule is O=C1OC(c2cccc(F)c2)=N/C1=C\c1cc(Br)c(OCc2ccc(Br)cc2)c(Br)c1. The van der Waals surface area contributed by atoms with Gasteiger partial charge in [0.2, 0.25) is 5.90 Å². The van der Waals surface area contributed by atoms with Gasteiger partial charge in [0.25, 0.3) is 0 Å². The van der Waals surface area contributed by atoms with Gasteiger partial charge in [0.15, 0.2) is 5.70 Å². The molecule has 4 nitrogen and oxygen atoms in total. The molecule has 1 aliphatic heterocycles. The van der Waals surface area contributed by atoms with Crippen LogP contribution in [0.2, 0.25) is 0 Å². The standard InChI is InChI=1S/C23H13Br3FNO3/c24-16-6-4-13(5-7-16)12-30-21-18(25)8-14(9-19(21)26)10-20-23(29)31-22(28-20)15-2-1-3-17(27)11-15/h1-11H,12H2/b20-10-. The second kappa shape index (κ2) is 9.46. The fourth-order valence-corrected chi connectivity index (χ4v) is 4.56. The summed E-state index contributed by atoms with van der Waals surface area (Å²) in [6.45, 7) is 0.401. The van der Waals surface area contributed by atoms with Gasteiger partial charge >= 0.3 is 5.97 Å². The average molecular weight is 610 g/mol. The Morgan fingerprint density at radius 2 is 1.71 bits per heavy atom. The van der Waals surface area contributed by atoms with Crippen molar-refractivity contribution in [2.45, 2.75) is 6.61 Å². The smallest absolute Gasteiger partial charge is 0.363 e. The lowest BCUT2D eigenvalue weighted by molar-refractivity contribution is -0.129. The molecule has 0 unspecified atom stereocenters. The number of hydrogen-bond acceptors (Lipinski definition) is 4. The molecule has 0 fully saturated rings. The minimum absolute atomic E-state index is 0.0725. The van der Waals surface area contributed by atoms with Crippen LogP contribution >= 0.6 is 47.8 Å². The van der Waals surface area contributed by atoms with Gasteiger partial charge in [0.05, 0.1) is 8.95 Å². The fraction of sp³-hybridized carbons (Fsp3) is 0.0435. The first kappa shape index (κ1) is 21.9. The summed E-state index contributed by atoms with van der Waals surface area (Å²) in [6, 6.07) is 17.2. The molecule has 0 amide bonds. The van der Waals surface area contributed by atoms with E-state index in [4.69, 9.17) is 9.47 Å². The Labute approximate surface area is 203 Å². The van der Waals surface area contributed by atoms with Crippen molar-refractivity contribution in [3.63, 3.8) is 0 Å². The maximum Gasteiger partial charge on any atom is 0.363 e. The van der Waals surface area contributed by atoms with Crippen LogP contribution in [-0.4, -0.2) is 11.9 Å². The molecule has 0 aromatic heterocycles. The van der Waals surface area contributed by atoms with Gasteiger partial charge in [0, 0.05) is 10.0 Å². The Morgan fingerprint density at radius 1 is 1.00 bits per heavy atom. The Bertz CT molecular complexity index is 1200. The molecule has 8 heteroatoms. The van der Waals surface area contributed by atoms with Crippen molar-refractivity contribution in [1.29, 1.82) is 0 Å². The quantitative estimate of drug-likeness (QED) is 0.230. The van der Waals surface area contributed by atoms with Gasteiger partial charge in [-0.15, -0.1) is 0 Å². The van der Waals surface area contributed by atoms with Crippen LogP contribution in [0.15, 0.2) is 84.8 Å². The van der Waals surface area contributed by atoms with E-state index in [9.17, 15) is 9.18 Å². The predicted molar refractivity (Wildman–Crippen MR) is 127 cm³/mol. The molecule has 0 saturated heterocycles. The van der Waals surface area contributed by atoms with Gasteiger partial charge in [-0.1, -0.05) is 34.1 Å². The number of hydrogen-bond donors (Lipinski definition) is 0. The lowest BCUT2D eigenvalue weighted by Crippen LogP contribution is -2.05. The van der Waals surface area contributed by atoms with E-state index in [1.807, 2.05) is 36.4 Å². The molecule has 31 heavy (non-hydrogen) atoms. The molecule has 0 N–H and O–H groups in total. The minimum atomic E-state index is -0.595. The topological polar surface area (TPSA) is 47.9 Å². The zero-order valence-corrected chi connectivity index (χ0v) is 20.5. The van der Waals surface area contributed by atoms with Crippen LogP contribution in [0.4, 0.5) is 4.39 Å². The molecule has 3 aromatic carbocycles. The third kappa shape index (κ3) is 5.31. The van der Waals surface area contributed by atoms with Gasteiger partial charge in [-0.2, -0.15) is 0 Å². The van der Waals surface area contributed by atoms with E-state index in [2.05, 4.69) is 52.8 Å². The van der Waals surface area contributed by atoms with E-state index >= 15 is 0 Å². The number of carbonyl (C=O) groups is 1. The fourth-order valence-electron chi connectivity index (χ4n) is 2.85. The molecule has 0 spiro atoms. The van der Waals surface area contributed by atoms with Crippen molar-refractivity contribution in [3.05, 3.63) is 102 Å². The summed E-state index contributed by atoms with van der Waals surface area (Å²) < 4.78 is 27.0. The van der Waals surface area contributed by atoms with E-state index in [1.165, 1.54) is 18.2 Å². The maximum atomic E-state index is 13.4. The summed E-state index contributed by atoms with van der Waals surface area (Å²) in [4.78, 5) is 16.4. The zero-order chi connectivity index (χ0) is 22.0. The highest BCUT2D eigenvalue weighted by molar-refractivity contribution is 9.11. The number of ether oxygens (including phenoxy) is 2. The minimum Gasteiger partial charge on any atom is -0.487 e. The van der Waals surface area contributed by atoms with Crippen molar-refractivity contribution >= 4 is 65.7 Å². The normalized spacial score (nSPS) is 14.5. The van der Waals surface area contributed by atoms with Crippen LogP contribution in [0.3, 0.4) is 0 Å². The van der Waals surface area contributed by atoms with Gasteiger partial charge in [-0.25, -0.2) is 14.2 Å². The number of halogens is 4. The number of nitrogens with zero attached hydrogens (tertiary/aromatic N) is 1. The van der Waals surface area contributed by atoms with E-state index in [1.54, 1.807) is 12.1 Å². The zero-order valence-electron chi connectivity index (χ0n) is 15.7. The lowest BCUT2D eigenvalue weighted by atomic mass is 10.2. The lowest BCUT2D eigenvalue weighted by Gasteiger charge is -2.11. The molecule has 4 rings (SSSR count). The molecular weight excluding hydrogens is 597 g/mol. The molecule has 0 saturated carbocycles. The number of benzene rings is 3. The number of esters is 1. The van der Waals surface area contributed by atoms with E-state index < -0.39 is 11.8 Å². The third-order valence-electron chi connectivity index (χ3n) is 4.31. The van der Waals surface area contributed by atoms with Crippen LogP contribution in [0.5, 0.6) is 5.75 Å². The van der Waals surface area contributed by atoms with Crippen LogP contribution in [0.1, 0.15) is 16.7 Å². The number of aliphatic imine (C=N–C) groups is 1.